The minimum atomic E-state index is -0.212. The zero-order valence-corrected chi connectivity index (χ0v) is 11.7. The average Bonchev–Trinajstić information content (AvgIpc) is 2.94. The van der Waals surface area contributed by atoms with Gasteiger partial charge in [-0.05, 0) is 37.0 Å². The predicted octanol–water partition coefficient (Wildman–Crippen LogP) is 0.862. The number of hydrogen-bond acceptors (Lipinski definition) is 4. The first-order chi connectivity index (χ1) is 10.2. The van der Waals surface area contributed by atoms with Crippen molar-refractivity contribution < 1.29 is 19.4 Å². The number of carbonyl (C=O) groups is 2. The van der Waals surface area contributed by atoms with Gasteiger partial charge in [0.2, 0.25) is 0 Å². The Labute approximate surface area is 122 Å². The molecule has 2 amide bonds. The largest absolute Gasteiger partial charge is 0.482 e. The molecule has 1 saturated heterocycles. The predicted molar refractivity (Wildman–Crippen MR) is 76.3 cm³/mol. The summed E-state index contributed by atoms with van der Waals surface area (Å²) in [5.41, 5.74) is 1.09. The van der Waals surface area contributed by atoms with Crippen LogP contribution < -0.4 is 10.1 Å². The highest BCUT2D eigenvalue weighted by atomic mass is 16.5. The summed E-state index contributed by atoms with van der Waals surface area (Å²) in [6.07, 6.45) is 1.66. The SMILES string of the molecule is O=C1COc2ccc(C(=O)N3CCC(CCO)C3)cc2N1. The fourth-order valence-electron chi connectivity index (χ4n) is 2.83. The highest BCUT2D eigenvalue weighted by Crippen LogP contribution is 2.29. The molecule has 0 aromatic heterocycles. The van der Waals surface area contributed by atoms with Gasteiger partial charge in [-0.1, -0.05) is 0 Å². The Balaban J connectivity index is 1.74. The lowest BCUT2D eigenvalue weighted by molar-refractivity contribution is -0.118. The van der Waals surface area contributed by atoms with Crippen LogP contribution in [0.3, 0.4) is 0 Å². The van der Waals surface area contributed by atoms with Gasteiger partial charge in [-0.3, -0.25) is 9.59 Å². The maximum atomic E-state index is 12.5. The standard InChI is InChI=1S/C15H18N2O4/c18-6-4-10-3-5-17(8-10)15(20)11-1-2-13-12(7-11)16-14(19)9-21-13/h1-2,7,10,18H,3-6,8-9H2,(H,16,19). The molecule has 1 aromatic carbocycles. The van der Waals surface area contributed by atoms with E-state index in [1.54, 1.807) is 23.1 Å². The van der Waals surface area contributed by atoms with Crippen LogP contribution >= 0.6 is 0 Å². The van der Waals surface area contributed by atoms with Gasteiger partial charge in [0.15, 0.2) is 6.61 Å². The molecule has 2 aliphatic heterocycles. The van der Waals surface area contributed by atoms with E-state index in [0.29, 0.717) is 36.0 Å². The Morgan fingerprint density at radius 1 is 1.48 bits per heavy atom. The maximum absolute atomic E-state index is 12.5. The molecule has 2 aliphatic rings. The van der Waals surface area contributed by atoms with Gasteiger partial charge in [0.25, 0.3) is 11.8 Å². The minimum Gasteiger partial charge on any atom is -0.482 e. The Bertz CT molecular complexity index is 573. The van der Waals surface area contributed by atoms with Gasteiger partial charge < -0.3 is 20.1 Å². The zero-order valence-electron chi connectivity index (χ0n) is 11.7. The van der Waals surface area contributed by atoms with E-state index in [0.717, 1.165) is 12.8 Å². The quantitative estimate of drug-likeness (QED) is 0.865. The summed E-state index contributed by atoms with van der Waals surface area (Å²) in [5, 5.41) is 11.7. The van der Waals surface area contributed by atoms with Gasteiger partial charge in [-0.2, -0.15) is 0 Å². The maximum Gasteiger partial charge on any atom is 0.262 e. The van der Waals surface area contributed by atoms with Crippen molar-refractivity contribution in [2.24, 2.45) is 5.92 Å². The number of benzene rings is 1. The van der Waals surface area contributed by atoms with Gasteiger partial charge >= 0.3 is 0 Å². The molecule has 0 saturated carbocycles. The van der Waals surface area contributed by atoms with Crippen molar-refractivity contribution in [1.82, 2.24) is 4.90 Å². The number of nitrogens with one attached hydrogen (secondary N) is 1. The van der Waals surface area contributed by atoms with Gasteiger partial charge in [0.1, 0.15) is 5.75 Å². The highest BCUT2D eigenvalue weighted by Gasteiger charge is 2.27. The summed E-state index contributed by atoms with van der Waals surface area (Å²) in [7, 11) is 0. The lowest BCUT2D eigenvalue weighted by Gasteiger charge is -2.20. The van der Waals surface area contributed by atoms with Gasteiger partial charge in [0.05, 0.1) is 5.69 Å². The summed E-state index contributed by atoms with van der Waals surface area (Å²) >= 11 is 0. The molecule has 0 aliphatic carbocycles. The van der Waals surface area contributed by atoms with Gasteiger partial charge in [-0.15, -0.1) is 0 Å². The third-order valence-corrected chi connectivity index (χ3v) is 3.97. The topological polar surface area (TPSA) is 78.9 Å². The number of hydrogen-bond donors (Lipinski definition) is 2. The summed E-state index contributed by atoms with van der Waals surface area (Å²) in [4.78, 5) is 25.6. The van der Waals surface area contributed by atoms with Gasteiger partial charge in [-0.25, -0.2) is 0 Å². The van der Waals surface area contributed by atoms with Gasteiger partial charge in [0, 0.05) is 25.3 Å². The Hall–Kier alpha value is -2.08. The number of amides is 2. The number of nitrogens with zero attached hydrogens (tertiary/aromatic N) is 1. The second-order valence-electron chi connectivity index (χ2n) is 5.47. The first-order valence-corrected chi connectivity index (χ1v) is 7.14. The molecule has 0 bridgehead atoms. The van der Waals surface area contributed by atoms with Crippen molar-refractivity contribution in [3.05, 3.63) is 23.8 Å². The number of likely N-dealkylation sites (tertiary alicyclic amines) is 1. The monoisotopic (exact) mass is 290 g/mol. The van der Waals surface area contributed by atoms with E-state index in [4.69, 9.17) is 9.84 Å². The molecule has 0 spiro atoms. The van der Waals surface area contributed by atoms with E-state index in [1.165, 1.54) is 0 Å². The van der Waals surface area contributed by atoms with E-state index in [2.05, 4.69) is 5.32 Å². The van der Waals surface area contributed by atoms with Crippen LogP contribution in [0, 0.1) is 5.92 Å². The van der Waals surface area contributed by atoms with Crippen LogP contribution in [0.5, 0.6) is 5.75 Å². The number of aliphatic hydroxyl groups excluding tert-OH is 1. The number of rotatable bonds is 3. The summed E-state index contributed by atoms with van der Waals surface area (Å²) in [5.74, 6) is 0.708. The third kappa shape index (κ3) is 2.85. The fourth-order valence-corrected chi connectivity index (χ4v) is 2.83. The van der Waals surface area contributed by atoms with Crippen LogP contribution in [0.25, 0.3) is 0 Å². The van der Waals surface area contributed by atoms with Crippen LogP contribution in [-0.2, 0) is 4.79 Å². The second-order valence-corrected chi connectivity index (χ2v) is 5.47. The Morgan fingerprint density at radius 2 is 2.33 bits per heavy atom. The zero-order chi connectivity index (χ0) is 14.8. The molecule has 21 heavy (non-hydrogen) atoms. The van der Waals surface area contributed by atoms with E-state index in [-0.39, 0.29) is 25.0 Å². The molecular formula is C15H18N2O4. The van der Waals surface area contributed by atoms with Crippen molar-refractivity contribution in [3.8, 4) is 5.75 Å². The number of fused-ring (bicyclic) bond motifs is 1. The van der Waals surface area contributed by atoms with Crippen LogP contribution in [0.4, 0.5) is 5.69 Å². The molecule has 2 N–H and O–H groups in total. The molecule has 1 aromatic rings. The molecule has 1 fully saturated rings. The average molecular weight is 290 g/mol. The van der Waals surface area contributed by atoms with Crippen LogP contribution in [0.2, 0.25) is 0 Å². The molecule has 1 unspecified atom stereocenters. The molecule has 112 valence electrons. The molecule has 3 rings (SSSR count). The number of ether oxygens (including phenoxy) is 1. The fraction of sp³-hybridized carbons (Fsp3) is 0.467. The summed E-state index contributed by atoms with van der Waals surface area (Å²) in [6, 6.07) is 5.09. The second kappa shape index (κ2) is 5.73. The van der Waals surface area contributed by atoms with E-state index >= 15 is 0 Å². The lowest BCUT2D eigenvalue weighted by atomic mass is 10.1. The first kappa shape index (κ1) is 13.9. The smallest absolute Gasteiger partial charge is 0.262 e. The molecule has 1 atom stereocenters. The van der Waals surface area contributed by atoms with Crippen molar-refractivity contribution in [2.45, 2.75) is 12.8 Å². The van der Waals surface area contributed by atoms with Crippen molar-refractivity contribution in [3.63, 3.8) is 0 Å². The van der Waals surface area contributed by atoms with E-state index in [1.807, 2.05) is 0 Å². The normalized spacial score (nSPS) is 20.7. The third-order valence-electron chi connectivity index (χ3n) is 3.97. The molecule has 0 radical (unpaired) electrons. The highest BCUT2D eigenvalue weighted by molar-refractivity contribution is 5.99. The Kier molecular flexibility index (Phi) is 3.79. The van der Waals surface area contributed by atoms with Crippen molar-refractivity contribution >= 4 is 17.5 Å². The van der Waals surface area contributed by atoms with Crippen molar-refractivity contribution in [1.29, 1.82) is 0 Å². The van der Waals surface area contributed by atoms with Crippen LogP contribution in [-0.4, -0.2) is 48.1 Å². The number of carbonyl (C=O) groups excluding carboxylic acids is 2. The van der Waals surface area contributed by atoms with Crippen molar-refractivity contribution in [2.75, 3.05) is 31.6 Å². The molecule has 6 nitrogen and oxygen atoms in total. The number of aliphatic hydroxyl groups is 1. The molecule has 6 heteroatoms. The van der Waals surface area contributed by atoms with E-state index in [9.17, 15) is 9.59 Å². The number of anilines is 1. The first-order valence-electron chi connectivity index (χ1n) is 7.14. The van der Waals surface area contributed by atoms with E-state index < -0.39 is 0 Å². The van der Waals surface area contributed by atoms with Crippen LogP contribution in [0.1, 0.15) is 23.2 Å². The van der Waals surface area contributed by atoms with Crippen LogP contribution in [0.15, 0.2) is 18.2 Å². The summed E-state index contributed by atoms with van der Waals surface area (Å²) in [6.45, 7) is 1.56. The summed E-state index contributed by atoms with van der Waals surface area (Å²) < 4.78 is 5.28. The molecular weight excluding hydrogens is 272 g/mol. The Morgan fingerprint density at radius 3 is 3.14 bits per heavy atom. The molecule has 2 heterocycles. The lowest BCUT2D eigenvalue weighted by Crippen LogP contribution is -2.29. The minimum absolute atomic E-state index is 0.00918.